The highest BCUT2D eigenvalue weighted by Crippen LogP contribution is 2.46. The van der Waals surface area contributed by atoms with Gasteiger partial charge in [-0.05, 0) is 32.1 Å². The second-order valence-corrected chi connectivity index (χ2v) is 5.29. The van der Waals surface area contributed by atoms with Crippen LogP contribution in [0.1, 0.15) is 40.5 Å². The van der Waals surface area contributed by atoms with Gasteiger partial charge in [-0.2, -0.15) is 0 Å². The highest BCUT2D eigenvalue weighted by atomic mass is 16.5. The molecule has 1 fully saturated rings. The molecule has 98 valence electrons. The number of esters is 2. The van der Waals surface area contributed by atoms with Crippen LogP contribution in [0.4, 0.5) is 0 Å². The fraction of sp³-hybridized carbons (Fsp3) is 0.846. The SMILES string of the molecule is CCOC(=O)C1CC(C)(C)CC1C(=O)OCC. The van der Waals surface area contributed by atoms with Crippen LogP contribution in [0.25, 0.3) is 0 Å². The average Bonchev–Trinajstić information content (AvgIpc) is 2.55. The van der Waals surface area contributed by atoms with Crippen LogP contribution in [0.15, 0.2) is 0 Å². The maximum Gasteiger partial charge on any atom is 0.309 e. The molecule has 0 bridgehead atoms. The van der Waals surface area contributed by atoms with Crippen LogP contribution in [-0.4, -0.2) is 25.2 Å². The molecule has 0 aromatic heterocycles. The van der Waals surface area contributed by atoms with E-state index in [9.17, 15) is 9.59 Å². The zero-order valence-corrected chi connectivity index (χ0v) is 11.1. The third-order valence-corrected chi connectivity index (χ3v) is 3.21. The van der Waals surface area contributed by atoms with E-state index < -0.39 is 0 Å². The molecule has 2 atom stereocenters. The van der Waals surface area contributed by atoms with Gasteiger partial charge in [0, 0.05) is 0 Å². The summed E-state index contributed by atoms with van der Waals surface area (Å²) >= 11 is 0. The second kappa shape index (κ2) is 5.52. The number of hydrogen-bond donors (Lipinski definition) is 0. The molecule has 1 aliphatic carbocycles. The summed E-state index contributed by atoms with van der Waals surface area (Å²) in [4.78, 5) is 23.6. The molecule has 1 saturated carbocycles. The molecular formula is C13H22O4. The topological polar surface area (TPSA) is 52.6 Å². The molecule has 1 rings (SSSR count). The first-order valence-corrected chi connectivity index (χ1v) is 6.24. The maximum atomic E-state index is 11.8. The third kappa shape index (κ3) is 3.45. The molecule has 4 heteroatoms. The molecular weight excluding hydrogens is 220 g/mol. The minimum Gasteiger partial charge on any atom is -0.466 e. The van der Waals surface area contributed by atoms with Crippen molar-refractivity contribution in [2.75, 3.05) is 13.2 Å². The molecule has 0 spiro atoms. The van der Waals surface area contributed by atoms with Crippen LogP contribution in [0.5, 0.6) is 0 Å². The van der Waals surface area contributed by atoms with Gasteiger partial charge in [-0.1, -0.05) is 13.8 Å². The molecule has 17 heavy (non-hydrogen) atoms. The Morgan fingerprint density at radius 3 is 1.65 bits per heavy atom. The van der Waals surface area contributed by atoms with Gasteiger partial charge in [0.2, 0.25) is 0 Å². The van der Waals surface area contributed by atoms with Crippen LogP contribution in [0.2, 0.25) is 0 Å². The summed E-state index contributed by atoms with van der Waals surface area (Å²) in [5, 5.41) is 0. The highest BCUT2D eigenvalue weighted by molar-refractivity contribution is 5.83. The quantitative estimate of drug-likeness (QED) is 0.709. The van der Waals surface area contributed by atoms with Crippen molar-refractivity contribution < 1.29 is 19.1 Å². The monoisotopic (exact) mass is 242 g/mol. The lowest BCUT2D eigenvalue weighted by Gasteiger charge is -2.16. The molecule has 0 aromatic carbocycles. The average molecular weight is 242 g/mol. The van der Waals surface area contributed by atoms with E-state index in [2.05, 4.69) is 13.8 Å². The molecule has 0 radical (unpaired) electrons. The number of hydrogen-bond acceptors (Lipinski definition) is 4. The van der Waals surface area contributed by atoms with Crippen LogP contribution >= 0.6 is 0 Å². The van der Waals surface area contributed by atoms with E-state index in [1.54, 1.807) is 13.8 Å². The number of carbonyl (C=O) groups is 2. The Morgan fingerprint density at radius 1 is 1.00 bits per heavy atom. The van der Waals surface area contributed by atoms with E-state index in [0.29, 0.717) is 26.1 Å². The van der Waals surface area contributed by atoms with Gasteiger partial charge < -0.3 is 9.47 Å². The van der Waals surface area contributed by atoms with Crippen molar-refractivity contribution in [3.63, 3.8) is 0 Å². The molecule has 4 nitrogen and oxygen atoms in total. The van der Waals surface area contributed by atoms with Crippen molar-refractivity contribution in [1.82, 2.24) is 0 Å². The zero-order chi connectivity index (χ0) is 13.1. The minimum absolute atomic E-state index is 0.00510. The van der Waals surface area contributed by atoms with Gasteiger partial charge in [0.05, 0.1) is 25.0 Å². The molecule has 0 saturated heterocycles. The zero-order valence-electron chi connectivity index (χ0n) is 11.1. The van der Waals surface area contributed by atoms with E-state index in [4.69, 9.17) is 9.47 Å². The van der Waals surface area contributed by atoms with E-state index in [0.717, 1.165) is 0 Å². The summed E-state index contributed by atoms with van der Waals surface area (Å²) in [6, 6.07) is 0. The Hall–Kier alpha value is -1.06. The van der Waals surface area contributed by atoms with Gasteiger partial charge in [0.1, 0.15) is 0 Å². The minimum atomic E-state index is -0.344. The summed E-state index contributed by atoms with van der Waals surface area (Å²) < 4.78 is 10.1. The largest absolute Gasteiger partial charge is 0.466 e. The maximum absolute atomic E-state index is 11.8. The lowest BCUT2D eigenvalue weighted by molar-refractivity contribution is -0.158. The molecule has 2 unspecified atom stereocenters. The van der Waals surface area contributed by atoms with E-state index >= 15 is 0 Å². The van der Waals surface area contributed by atoms with Crippen LogP contribution < -0.4 is 0 Å². The lowest BCUT2D eigenvalue weighted by atomic mass is 9.90. The molecule has 1 aliphatic rings. The Morgan fingerprint density at radius 2 is 1.35 bits per heavy atom. The standard InChI is InChI=1S/C13H22O4/c1-5-16-11(14)9-7-13(3,4)8-10(9)12(15)17-6-2/h9-10H,5-8H2,1-4H3. The van der Waals surface area contributed by atoms with E-state index in [1.807, 2.05) is 0 Å². The Balaban J connectivity index is 2.77. The summed E-state index contributed by atoms with van der Waals surface area (Å²) in [6.07, 6.45) is 1.38. The van der Waals surface area contributed by atoms with Gasteiger partial charge in [-0.25, -0.2) is 0 Å². The Bertz CT molecular complexity index is 268. The summed E-state index contributed by atoms with van der Waals surface area (Å²) in [5.74, 6) is -1.22. The third-order valence-electron chi connectivity index (χ3n) is 3.21. The predicted molar refractivity (Wildman–Crippen MR) is 63.3 cm³/mol. The van der Waals surface area contributed by atoms with Crippen molar-refractivity contribution in [3.8, 4) is 0 Å². The van der Waals surface area contributed by atoms with Gasteiger partial charge in [0.25, 0.3) is 0 Å². The smallest absolute Gasteiger partial charge is 0.309 e. The van der Waals surface area contributed by atoms with Crippen LogP contribution in [-0.2, 0) is 19.1 Å². The molecule has 0 aliphatic heterocycles. The first-order valence-electron chi connectivity index (χ1n) is 6.24. The first kappa shape index (κ1) is 14.0. The van der Waals surface area contributed by atoms with Gasteiger partial charge in [-0.3, -0.25) is 9.59 Å². The van der Waals surface area contributed by atoms with Gasteiger partial charge in [-0.15, -0.1) is 0 Å². The van der Waals surface area contributed by atoms with Crippen molar-refractivity contribution in [2.45, 2.75) is 40.5 Å². The molecule has 0 N–H and O–H groups in total. The first-order chi connectivity index (χ1) is 7.91. The second-order valence-electron chi connectivity index (χ2n) is 5.29. The lowest BCUT2D eigenvalue weighted by Crippen LogP contribution is -2.28. The van der Waals surface area contributed by atoms with E-state index in [1.165, 1.54) is 0 Å². The Kier molecular flexibility index (Phi) is 4.54. The fourth-order valence-corrected chi connectivity index (χ4v) is 2.55. The number of rotatable bonds is 4. The normalized spacial score (nSPS) is 26.6. The van der Waals surface area contributed by atoms with Crippen molar-refractivity contribution in [1.29, 1.82) is 0 Å². The molecule has 0 heterocycles. The van der Waals surface area contributed by atoms with Gasteiger partial charge in [0.15, 0.2) is 0 Å². The van der Waals surface area contributed by atoms with Crippen molar-refractivity contribution in [2.24, 2.45) is 17.3 Å². The number of ether oxygens (including phenoxy) is 2. The summed E-state index contributed by atoms with van der Waals surface area (Å²) in [5.41, 5.74) is -0.00510. The van der Waals surface area contributed by atoms with Crippen LogP contribution in [0.3, 0.4) is 0 Å². The highest BCUT2D eigenvalue weighted by Gasteiger charge is 2.47. The molecule has 0 aromatic rings. The van der Waals surface area contributed by atoms with Crippen molar-refractivity contribution in [3.05, 3.63) is 0 Å². The fourth-order valence-electron chi connectivity index (χ4n) is 2.55. The molecule has 0 amide bonds. The summed E-state index contributed by atoms with van der Waals surface area (Å²) in [7, 11) is 0. The van der Waals surface area contributed by atoms with E-state index in [-0.39, 0.29) is 29.2 Å². The predicted octanol–water partition coefficient (Wildman–Crippen LogP) is 2.17. The van der Waals surface area contributed by atoms with Crippen molar-refractivity contribution >= 4 is 11.9 Å². The van der Waals surface area contributed by atoms with Crippen LogP contribution in [0, 0.1) is 17.3 Å². The Labute approximate surface area is 103 Å². The van der Waals surface area contributed by atoms with Gasteiger partial charge >= 0.3 is 11.9 Å². The summed E-state index contributed by atoms with van der Waals surface area (Å²) in [6.45, 7) is 8.39. The number of carbonyl (C=O) groups excluding carboxylic acids is 2.